The van der Waals surface area contributed by atoms with E-state index in [4.69, 9.17) is 9.40 Å². The largest absolute Gasteiger partial charge is 0.435 e. The summed E-state index contributed by atoms with van der Waals surface area (Å²) in [5.41, 5.74) is 11.4. The van der Waals surface area contributed by atoms with Crippen LogP contribution in [0.2, 0.25) is 0 Å². The van der Waals surface area contributed by atoms with Crippen LogP contribution in [-0.4, -0.2) is 36.9 Å². The number of nitrogens with zero attached hydrogens (tertiary/aromatic N) is 3. The molecule has 0 saturated heterocycles. The number of hydrogen-bond acceptors (Lipinski definition) is 4. The molecule has 0 radical (unpaired) electrons. The van der Waals surface area contributed by atoms with Crippen LogP contribution < -0.4 is 4.90 Å². The van der Waals surface area contributed by atoms with Crippen molar-refractivity contribution in [2.24, 2.45) is 0 Å². The van der Waals surface area contributed by atoms with Crippen molar-refractivity contribution in [1.82, 2.24) is 9.88 Å². The van der Waals surface area contributed by atoms with Crippen molar-refractivity contribution in [2.75, 3.05) is 26.0 Å². The molecule has 0 aliphatic heterocycles. The Morgan fingerprint density at radius 1 is 0.833 bits per heavy atom. The van der Waals surface area contributed by atoms with Crippen molar-refractivity contribution in [3.8, 4) is 33.9 Å². The molecular formula is C31H25N3O2. The lowest BCUT2D eigenvalue weighted by Gasteiger charge is -2.16. The van der Waals surface area contributed by atoms with Crippen LogP contribution in [0.3, 0.4) is 0 Å². The predicted molar refractivity (Wildman–Crippen MR) is 143 cm³/mol. The average molecular weight is 472 g/mol. The van der Waals surface area contributed by atoms with Crippen LogP contribution in [0.4, 0.5) is 5.69 Å². The van der Waals surface area contributed by atoms with Gasteiger partial charge >= 0.3 is 0 Å². The number of carbonyl (C=O) groups excluding carboxylic acids is 1. The zero-order valence-corrected chi connectivity index (χ0v) is 20.4. The van der Waals surface area contributed by atoms with E-state index in [0.717, 1.165) is 27.9 Å². The molecule has 0 atom stereocenters. The lowest BCUT2D eigenvalue weighted by molar-refractivity contribution is 0.0836. The van der Waals surface area contributed by atoms with Crippen molar-refractivity contribution in [3.63, 3.8) is 0 Å². The summed E-state index contributed by atoms with van der Waals surface area (Å²) < 4.78 is 6.37. The minimum absolute atomic E-state index is 0.241. The zero-order chi connectivity index (χ0) is 25.1. The van der Waals surface area contributed by atoms with Crippen LogP contribution in [0.5, 0.6) is 0 Å². The van der Waals surface area contributed by atoms with Crippen molar-refractivity contribution in [3.05, 3.63) is 120 Å². The first-order chi connectivity index (χ1) is 17.5. The monoisotopic (exact) mass is 471 g/mol. The molecular weight excluding hydrogens is 446 g/mol. The van der Waals surface area contributed by atoms with Gasteiger partial charge in [-0.2, -0.15) is 0 Å². The average Bonchev–Trinajstić information content (AvgIpc) is 3.38. The first-order valence-electron chi connectivity index (χ1n) is 11.6. The topological polar surface area (TPSA) is 49.6 Å². The highest BCUT2D eigenvalue weighted by atomic mass is 16.4. The van der Waals surface area contributed by atoms with Crippen LogP contribution >= 0.6 is 0 Å². The minimum Gasteiger partial charge on any atom is -0.435 e. The highest BCUT2D eigenvalue weighted by Crippen LogP contribution is 2.36. The zero-order valence-electron chi connectivity index (χ0n) is 20.4. The van der Waals surface area contributed by atoms with Gasteiger partial charge in [-0.15, -0.1) is 0 Å². The van der Waals surface area contributed by atoms with E-state index in [9.17, 15) is 4.79 Å². The number of anilines is 1. The maximum atomic E-state index is 13.7. The molecule has 1 aromatic heterocycles. The highest BCUT2D eigenvalue weighted by molar-refractivity contribution is 5.99. The molecule has 1 aliphatic carbocycles. The third-order valence-corrected chi connectivity index (χ3v) is 6.02. The van der Waals surface area contributed by atoms with Crippen molar-refractivity contribution < 1.29 is 9.21 Å². The molecule has 0 saturated carbocycles. The minimum atomic E-state index is -0.287. The van der Waals surface area contributed by atoms with E-state index in [0.29, 0.717) is 17.3 Å². The van der Waals surface area contributed by atoms with Crippen molar-refractivity contribution >= 4 is 11.6 Å². The Morgan fingerprint density at radius 3 is 2.19 bits per heavy atom. The van der Waals surface area contributed by atoms with Crippen LogP contribution in [-0.2, 0) is 0 Å². The molecule has 0 spiro atoms. The SMILES string of the molecule is CN(C(=O)c1nc(-c2ccccc2-c2ccccc2)oc1-c1ccc(N(C)C)cc1)C1=C=C=CC=C1. The lowest BCUT2D eigenvalue weighted by atomic mass is 10.00. The summed E-state index contributed by atoms with van der Waals surface area (Å²) in [6.07, 6.45) is 5.38. The van der Waals surface area contributed by atoms with Crippen molar-refractivity contribution in [2.45, 2.75) is 0 Å². The number of benzene rings is 3. The van der Waals surface area contributed by atoms with E-state index >= 15 is 0 Å². The van der Waals surface area contributed by atoms with Gasteiger partial charge in [-0.05, 0) is 59.3 Å². The summed E-state index contributed by atoms with van der Waals surface area (Å²) in [7, 11) is 5.67. The van der Waals surface area contributed by atoms with Crippen LogP contribution in [0.15, 0.2) is 119 Å². The second-order valence-corrected chi connectivity index (χ2v) is 8.59. The van der Waals surface area contributed by atoms with E-state index in [-0.39, 0.29) is 11.6 Å². The summed E-state index contributed by atoms with van der Waals surface area (Å²) in [6, 6.07) is 25.9. The molecule has 5 nitrogen and oxygen atoms in total. The second kappa shape index (κ2) is 9.81. The number of amides is 1. The molecule has 3 aromatic carbocycles. The summed E-state index contributed by atoms with van der Waals surface area (Å²) >= 11 is 0. The summed E-state index contributed by atoms with van der Waals surface area (Å²) in [4.78, 5) is 22.0. The third-order valence-electron chi connectivity index (χ3n) is 6.02. The molecule has 0 bridgehead atoms. The number of likely N-dealkylation sites (N-methyl/N-ethyl adjacent to an activating group) is 1. The molecule has 1 aliphatic rings. The second-order valence-electron chi connectivity index (χ2n) is 8.59. The molecule has 36 heavy (non-hydrogen) atoms. The van der Waals surface area contributed by atoms with Gasteiger partial charge in [0.2, 0.25) is 5.89 Å². The van der Waals surface area contributed by atoms with Crippen molar-refractivity contribution in [1.29, 1.82) is 0 Å². The molecule has 4 aromatic rings. The van der Waals surface area contributed by atoms with E-state index in [2.05, 4.69) is 11.5 Å². The van der Waals surface area contributed by atoms with Gasteiger partial charge in [0, 0.05) is 38.0 Å². The molecule has 5 rings (SSSR count). The summed E-state index contributed by atoms with van der Waals surface area (Å²) in [6.45, 7) is 0. The lowest BCUT2D eigenvalue weighted by Crippen LogP contribution is -2.26. The van der Waals surface area contributed by atoms with Gasteiger partial charge in [0.15, 0.2) is 11.5 Å². The first kappa shape index (κ1) is 22.9. The molecule has 176 valence electrons. The maximum absolute atomic E-state index is 13.7. The fourth-order valence-corrected chi connectivity index (χ4v) is 4.03. The standard InChI is InChI=1S/C31H25N3O2/c1-33(2)24-20-18-23(19-21-24)29-28(31(35)34(3)25-14-8-5-9-15-25)32-30(36-29)27-17-11-10-16-26(27)22-12-6-4-7-13-22/h4-8,10-14,16-21H,1-3H3. The predicted octanol–water partition coefficient (Wildman–Crippen LogP) is 6.58. The Hall–Kier alpha value is -4.82. The van der Waals surface area contributed by atoms with E-state index in [1.165, 1.54) is 4.90 Å². The molecule has 1 heterocycles. The first-order valence-corrected chi connectivity index (χ1v) is 11.6. The molecule has 0 unspecified atom stereocenters. The highest BCUT2D eigenvalue weighted by Gasteiger charge is 2.27. The quantitative estimate of drug-likeness (QED) is 0.298. The van der Waals surface area contributed by atoms with Gasteiger partial charge in [-0.1, -0.05) is 60.3 Å². The van der Waals surface area contributed by atoms with Gasteiger partial charge in [-0.3, -0.25) is 4.79 Å². The molecule has 5 heteroatoms. The number of aromatic nitrogens is 1. The number of carbonyl (C=O) groups is 1. The Morgan fingerprint density at radius 2 is 1.53 bits per heavy atom. The number of allylic oxidation sites excluding steroid dienone is 3. The Labute approximate surface area is 210 Å². The fourth-order valence-electron chi connectivity index (χ4n) is 4.03. The third kappa shape index (κ3) is 4.45. The van der Waals surface area contributed by atoms with Crippen LogP contribution in [0, 0.1) is 0 Å². The number of hydrogen-bond donors (Lipinski definition) is 0. The van der Waals surface area contributed by atoms with Gasteiger partial charge < -0.3 is 14.2 Å². The van der Waals surface area contributed by atoms with Gasteiger partial charge in [0.1, 0.15) is 0 Å². The summed E-state index contributed by atoms with van der Waals surface area (Å²) in [5.74, 6) is 0.529. The normalized spacial score (nSPS) is 11.9. The number of oxazole rings is 1. The van der Waals surface area contributed by atoms with Gasteiger partial charge in [-0.25, -0.2) is 4.98 Å². The smallest absolute Gasteiger partial charge is 0.281 e. The number of rotatable bonds is 6. The molecule has 0 N–H and O–H groups in total. The Kier molecular flexibility index (Phi) is 6.25. The van der Waals surface area contributed by atoms with E-state index in [1.807, 2.05) is 110 Å². The van der Waals surface area contributed by atoms with E-state index in [1.54, 1.807) is 13.1 Å². The summed E-state index contributed by atoms with van der Waals surface area (Å²) in [5, 5.41) is 0. The van der Waals surface area contributed by atoms with Crippen LogP contribution in [0.25, 0.3) is 33.9 Å². The fraction of sp³-hybridized carbons (Fsp3) is 0.0968. The molecule has 0 fully saturated rings. The Balaban J connectivity index is 1.65. The molecule has 1 amide bonds. The Bertz CT molecular complexity index is 1550. The van der Waals surface area contributed by atoms with Crippen LogP contribution in [0.1, 0.15) is 10.5 Å². The van der Waals surface area contributed by atoms with Gasteiger partial charge in [0.05, 0.1) is 5.70 Å². The van der Waals surface area contributed by atoms with Gasteiger partial charge in [0.25, 0.3) is 5.91 Å². The maximum Gasteiger partial charge on any atom is 0.281 e. The van der Waals surface area contributed by atoms with E-state index < -0.39 is 0 Å².